The number of para-hydroxylation sites is 1. The van der Waals surface area contributed by atoms with Crippen LogP contribution in [0.3, 0.4) is 0 Å². The van der Waals surface area contributed by atoms with Gasteiger partial charge in [-0.25, -0.2) is 24.9 Å². The summed E-state index contributed by atoms with van der Waals surface area (Å²) in [5.41, 5.74) is 8.86. The van der Waals surface area contributed by atoms with Crippen molar-refractivity contribution in [2.24, 2.45) is 0 Å². The summed E-state index contributed by atoms with van der Waals surface area (Å²) in [6.07, 6.45) is 6.64. The number of morpholine rings is 1. The highest BCUT2D eigenvalue weighted by Gasteiger charge is 2.22. The van der Waals surface area contributed by atoms with E-state index in [4.69, 9.17) is 20.4 Å². The summed E-state index contributed by atoms with van der Waals surface area (Å²) >= 11 is 0. The molecule has 2 aliphatic rings. The maximum Gasteiger partial charge on any atom is 0.279 e. The Balaban J connectivity index is 1.35. The molecule has 1 aromatic carbocycles. The summed E-state index contributed by atoms with van der Waals surface area (Å²) in [7, 11) is 0. The van der Waals surface area contributed by atoms with E-state index in [9.17, 15) is 4.79 Å². The van der Waals surface area contributed by atoms with Gasteiger partial charge in [0.15, 0.2) is 17.3 Å². The van der Waals surface area contributed by atoms with Gasteiger partial charge in [0.25, 0.3) is 5.91 Å². The monoisotopic (exact) mass is 511 g/mol. The Labute approximate surface area is 220 Å². The lowest BCUT2D eigenvalue weighted by molar-refractivity contribution is 0.102. The fraction of sp³-hybridized carbons (Fsp3) is 0.333. The quantitative estimate of drug-likeness (QED) is 0.411. The molecular formula is C27H29N9O2. The lowest BCUT2D eigenvalue weighted by atomic mass is 10.1. The van der Waals surface area contributed by atoms with Gasteiger partial charge in [-0.3, -0.25) is 4.79 Å². The van der Waals surface area contributed by atoms with E-state index >= 15 is 0 Å². The molecule has 3 N–H and O–H groups in total. The molecule has 11 nitrogen and oxygen atoms in total. The van der Waals surface area contributed by atoms with Crippen molar-refractivity contribution in [3.8, 4) is 11.4 Å². The van der Waals surface area contributed by atoms with Crippen LogP contribution in [0.25, 0.3) is 22.3 Å². The van der Waals surface area contributed by atoms with Gasteiger partial charge in [0.05, 0.1) is 30.6 Å². The third-order valence-corrected chi connectivity index (χ3v) is 6.86. The zero-order chi connectivity index (χ0) is 25.9. The van der Waals surface area contributed by atoms with Gasteiger partial charge in [-0.05, 0) is 37.5 Å². The van der Waals surface area contributed by atoms with Gasteiger partial charge in [0.2, 0.25) is 5.95 Å². The van der Waals surface area contributed by atoms with Crippen molar-refractivity contribution in [2.45, 2.75) is 19.3 Å². The summed E-state index contributed by atoms with van der Waals surface area (Å²) in [6, 6.07) is 11.6. The number of nitrogens with one attached hydrogen (secondary N) is 1. The number of nitrogen functional groups attached to an aromatic ring is 1. The van der Waals surface area contributed by atoms with E-state index in [0.29, 0.717) is 49.5 Å². The number of amides is 1. The van der Waals surface area contributed by atoms with Crippen LogP contribution in [0.1, 0.15) is 29.8 Å². The molecule has 38 heavy (non-hydrogen) atoms. The number of fused-ring (bicyclic) bond motifs is 1. The maximum absolute atomic E-state index is 13.4. The van der Waals surface area contributed by atoms with Gasteiger partial charge in [-0.2, -0.15) is 0 Å². The van der Waals surface area contributed by atoms with Crippen molar-refractivity contribution in [1.82, 2.24) is 24.9 Å². The molecule has 2 aliphatic heterocycles. The third kappa shape index (κ3) is 4.80. The molecule has 2 fully saturated rings. The predicted octanol–water partition coefficient (Wildman–Crippen LogP) is 3.14. The van der Waals surface area contributed by atoms with Gasteiger partial charge in [0.1, 0.15) is 11.4 Å². The Bertz CT molecular complexity index is 1470. The first-order chi connectivity index (χ1) is 18.7. The topological polar surface area (TPSA) is 135 Å². The Morgan fingerprint density at radius 1 is 0.895 bits per heavy atom. The molecule has 11 heteroatoms. The van der Waals surface area contributed by atoms with E-state index in [-0.39, 0.29) is 11.5 Å². The Kier molecular flexibility index (Phi) is 6.65. The summed E-state index contributed by atoms with van der Waals surface area (Å²) < 4.78 is 5.49. The molecule has 5 heterocycles. The number of carbonyl (C=O) groups excluding carboxylic acids is 1. The molecule has 1 amide bonds. The molecule has 3 aromatic heterocycles. The lowest BCUT2D eigenvalue weighted by Crippen LogP contribution is -2.37. The number of hydrogen-bond acceptors (Lipinski definition) is 10. The lowest BCUT2D eigenvalue weighted by Gasteiger charge is -2.29. The van der Waals surface area contributed by atoms with Crippen LogP contribution in [0.5, 0.6) is 0 Å². The molecule has 0 spiro atoms. The van der Waals surface area contributed by atoms with Crippen LogP contribution < -0.4 is 20.9 Å². The van der Waals surface area contributed by atoms with Crippen molar-refractivity contribution in [3.63, 3.8) is 0 Å². The number of ether oxygens (including phenoxy) is 1. The highest BCUT2D eigenvalue weighted by Crippen LogP contribution is 2.29. The number of hydrogen-bond donors (Lipinski definition) is 2. The molecule has 0 atom stereocenters. The Morgan fingerprint density at radius 3 is 2.55 bits per heavy atom. The third-order valence-electron chi connectivity index (χ3n) is 6.86. The Morgan fingerprint density at radius 2 is 1.71 bits per heavy atom. The van der Waals surface area contributed by atoms with Crippen molar-refractivity contribution in [2.75, 3.05) is 60.2 Å². The fourth-order valence-electron chi connectivity index (χ4n) is 4.89. The van der Waals surface area contributed by atoms with Gasteiger partial charge in [-0.1, -0.05) is 18.2 Å². The van der Waals surface area contributed by atoms with Crippen molar-refractivity contribution >= 4 is 40.1 Å². The van der Waals surface area contributed by atoms with Crippen molar-refractivity contribution < 1.29 is 9.53 Å². The predicted molar refractivity (Wildman–Crippen MR) is 146 cm³/mol. The van der Waals surface area contributed by atoms with Crippen LogP contribution in [0, 0.1) is 0 Å². The molecule has 194 valence electrons. The van der Waals surface area contributed by atoms with Gasteiger partial charge in [0, 0.05) is 37.8 Å². The molecule has 2 saturated heterocycles. The second-order valence-corrected chi connectivity index (χ2v) is 9.35. The smallest absolute Gasteiger partial charge is 0.279 e. The van der Waals surface area contributed by atoms with Crippen LogP contribution >= 0.6 is 0 Å². The average Bonchev–Trinajstić information content (AvgIpc) is 2.98. The summed E-state index contributed by atoms with van der Waals surface area (Å²) in [6.45, 7) is 4.48. The molecule has 0 bridgehead atoms. The second-order valence-electron chi connectivity index (χ2n) is 9.35. The van der Waals surface area contributed by atoms with Crippen LogP contribution in [0.2, 0.25) is 0 Å². The first kappa shape index (κ1) is 24.0. The summed E-state index contributed by atoms with van der Waals surface area (Å²) in [5.74, 6) is 0.633. The normalized spacial score (nSPS) is 16.0. The number of benzene rings is 1. The first-order valence-electron chi connectivity index (χ1n) is 12.9. The van der Waals surface area contributed by atoms with Crippen molar-refractivity contribution in [3.05, 3.63) is 54.5 Å². The number of anilines is 4. The molecule has 0 unspecified atom stereocenters. The van der Waals surface area contributed by atoms with Gasteiger partial charge >= 0.3 is 0 Å². The number of nitrogens with zero attached hydrogens (tertiary/aromatic N) is 7. The largest absolute Gasteiger partial charge is 0.382 e. The first-order valence-corrected chi connectivity index (χ1v) is 12.9. The van der Waals surface area contributed by atoms with Gasteiger partial charge < -0.3 is 25.6 Å². The minimum atomic E-state index is -0.472. The highest BCUT2D eigenvalue weighted by molar-refractivity contribution is 6.07. The van der Waals surface area contributed by atoms with E-state index in [2.05, 4.69) is 30.1 Å². The van der Waals surface area contributed by atoms with E-state index in [1.54, 1.807) is 12.4 Å². The second kappa shape index (κ2) is 10.5. The van der Waals surface area contributed by atoms with E-state index in [0.717, 1.165) is 42.5 Å². The SMILES string of the molecule is Nc1ncc(-c2nc(N3CCOCC3)nc3ccccc23)nc1C(=O)Nc1ncccc1N1CCCCC1. The average molecular weight is 512 g/mol. The molecule has 6 rings (SSSR count). The fourth-order valence-corrected chi connectivity index (χ4v) is 4.89. The zero-order valence-electron chi connectivity index (χ0n) is 21.0. The molecular weight excluding hydrogens is 482 g/mol. The number of pyridine rings is 1. The standard InChI is InChI=1S/C27H29N9O2/c28-24-23(26(37)34-25-21(9-6-10-29-25)35-11-4-1-5-12-35)31-20(17-30-24)22-18-7-2-3-8-19(18)32-27(33-22)36-13-15-38-16-14-36/h2-3,6-10,17H,1,4-5,11-16H2,(H2,28,30)(H,29,34,37). The van der Waals surface area contributed by atoms with Crippen molar-refractivity contribution in [1.29, 1.82) is 0 Å². The number of aromatic nitrogens is 5. The van der Waals surface area contributed by atoms with Crippen LogP contribution in [-0.4, -0.2) is 70.2 Å². The zero-order valence-corrected chi connectivity index (χ0v) is 21.0. The number of nitrogens with two attached hydrogens (primary N) is 1. The minimum Gasteiger partial charge on any atom is -0.382 e. The number of piperidine rings is 1. The summed E-state index contributed by atoms with van der Waals surface area (Å²) in [5, 5.41) is 3.73. The van der Waals surface area contributed by atoms with Gasteiger partial charge in [-0.15, -0.1) is 0 Å². The minimum absolute atomic E-state index is 0.0216. The molecule has 0 saturated carbocycles. The van der Waals surface area contributed by atoms with Crippen LogP contribution in [0.15, 0.2) is 48.8 Å². The molecule has 4 aromatic rings. The summed E-state index contributed by atoms with van der Waals surface area (Å²) in [4.78, 5) is 40.8. The number of carbonyl (C=O) groups is 1. The van der Waals surface area contributed by atoms with E-state index in [1.165, 1.54) is 6.42 Å². The van der Waals surface area contributed by atoms with E-state index < -0.39 is 5.91 Å². The molecule has 0 radical (unpaired) electrons. The molecule has 0 aliphatic carbocycles. The van der Waals surface area contributed by atoms with Crippen LogP contribution in [0.4, 0.5) is 23.3 Å². The van der Waals surface area contributed by atoms with E-state index in [1.807, 2.05) is 36.4 Å². The van der Waals surface area contributed by atoms with Crippen LogP contribution in [-0.2, 0) is 4.74 Å². The Hall–Kier alpha value is -4.38. The maximum atomic E-state index is 13.4. The highest BCUT2D eigenvalue weighted by atomic mass is 16.5. The number of rotatable bonds is 5.